The molecular weight excluding hydrogens is 360 g/mol. The predicted octanol–water partition coefficient (Wildman–Crippen LogP) is 2.22. The first-order valence-corrected chi connectivity index (χ1v) is 10.5. The van der Waals surface area contributed by atoms with Gasteiger partial charge in [-0.15, -0.1) is 11.3 Å². The summed E-state index contributed by atoms with van der Waals surface area (Å²) in [6.07, 6.45) is 1.96. The number of carbonyl (C=O) groups is 2. The molecule has 2 aromatic rings. The normalized spacial score (nSPS) is 15.1. The van der Waals surface area contributed by atoms with Gasteiger partial charge in [0.25, 0.3) is 5.91 Å². The minimum absolute atomic E-state index is 0.0753. The molecule has 0 unspecified atom stereocenters. The number of rotatable bonds is 7. The van der Waals surface area contributed by atoms with Crippen molar-refractivity contribution in [1.82, 2.24) is 19.3 Å². The third-order valence-electron chi connectivity index (χ3n) is 5.09. The van der Waals surface area contributed by atoms with Crippen molar-refractivity contribution in [2.24, 2.45) is 0 Å². The Morgan fingerprint density at radius 1 is 1.07 bits per heavy atom. The maximum Gasteiger partial charge on any atom is 0.270 e. The quantitative estimate of drug-likeness (QED) is 0.731. The highest BCUT2D eigenvalue weighted by Crippen LogP contribution is 2.15. The molecule has 0 bridgehead atoms. The van der Waals surface area contributed by atoms with Crippen LogP contribution in [0.4, 0.5) is 0 Å². The zero-order chi connectivity index (χ0) is 19.2. The molecular formula is C20H28N4O2S. The summed E-state index contributed by atoms with van der Waals surface area (Å²) in [6, 6.07) is 7.94. The van der Waals surface area contributed by atoms with Crippen LogP contribution in [0, 0.1) is 0 Å². The maximum atomic E-state index is 13.0. The molecule has 1 aliphatic rings. The number of nitrogens with zero attached hydrogens (tertiary/aromatic N) is 4. The molecule has 146 valence electrons. The van der Waals surface area contributed by atoms with Gasteiger partial charge in [-0.1, -0.05) is 6.07 Å². The average molecular weight is 389 g/mol. The Balaban J connectivity index is 1.55. The van der Waals surface area contributed by atoms with Crippen molar-refractivity contribution in [3.05, 3.63) is 46.4 Å². The molecule has 6 nitrogen and oxygen atoms in total. The van der Waals surface area contributed by atoms with Crippen molar-refractivity contribution < 1.29 is 9.59 Å². The molecule has 1 aliphatic heterocycles. The van der Waals surface area contributed by atoms with E-state index in [-0.39, 0.29) is 11.8 Å². The zero-order valence-corrected chi connectivity index (χ0v) is 17.0. The van der Waals surface area contributed by atoms with Crippen molar-refractivity contribution in [1.29, 1.82) is 0 Å². The Hall–Kier alpha value is -2.12. The van der Waals surface area contributed by atoms with Crippen LogP contribution in [-0.2, 0) is 11.3 Å². The van der Waals surface area contributed by atoms with Crippen LogP contribution in [0.15, 0.2) is 35.8 Å². The topological polar surface area (TPSA) is 48.8 Å². The number of hydrogen-bond acceptors (Lipinski definition) is 4. The monoisotopic (exact) mass is 388 g/mol. The number of thiophene rings is 1. The molecule has 1 saturated heterocycles. The summed E-state index contributed by atoms with van der Waals surface area (Å²) in [5.41, 5.74) is 0.732. The first-order valence-electron chi connectivity index (χ1n) is 9.59. The SMILES string of the molecule is CCN(CC)C(=O)CN1CCN(C(=O)c2cccn2Cc2cccs2)CC1. The lowest BCUT2D eigenvalue weighted by Crippen LogP contribution is -2.51. The molecule has 1 fully saturated rings. The number of likely N-dealkylation sites (N-methyl/N-ethyl adjacent to an activating group) is 1. The number of carbonyl (C=O) groups excluding carboxylic acids is 2. The summed E-state index contributed by atoms with van der Waals surface area (Å²) >= 11 is 1.70. The fourth-order valence-corrected chi connectivity index (χ4v) is 4.16. The number of aromatic nitrogens is 1. The van der Waals surface area contributed by atoms with Crippen molar-refractivity contribution >= 4 is 23.2 Å². The van der Waals surface area contributed by atoms with Crippen LogP contribution in [-0.4, -0.2) is 76.9 Å². The van der Waals surface area contributed by atoms with Crippen LogP contribution in [0.1, 0.15) is 29.2 Å². The molecule has 2 amide bonds. The lowest BCUT2D eigenvalue weighted by Gasteiger charge is -2.35. The molecule has 0 aliphatic carbocycles. The van der Waals surface area contributed by atoms with E-state index >= 15 is 0 Å². The molecule has 2 aromatic heterocycles. The molecule has 0 saturated carbocycles. The fourth-order valence-electron chi connectivity index (χ4n) is 3.46. The molecule has 7 heteroatoms. The summed E-state index contributed by atoms with van der Waals surface area (Å²) in [6.45, 7) is 9.47. The van der Waals surface area contributed by atoms with Crippen LogP contribution in [0.5, 0.6) is 0 Å². The van der Waals surface area contributed by atoms with Gasteiger partial charge < -0.3 is 14.4 Å². The molecule has 0 atom stereocenters. The Labute approximate surface area is 165 Å². The highest BCUT2D eigenvalue weighted by Gasteiger charge is 2.25. The van der Waals surface area contributed by atoms with Gasteiger partial charge in [-0.25, -0.2) is 0 Å². The Bertz CT molecular complexity index is 744. The largest absolute Gasteiger partial charge is 0.342 e. The van der Waals surface area contributed by atoms with Gasteiger partial charge in [0.05, 0.1) is 13.1 Å². The van der Waals surface area contributed by atoms with Crippen molar-refractivity contribution in [2.75, 3.05) is 45.8 Å². The Morgan fingerprint density at radius 3 is 2.44 bits per heavy atom. The first-order chi connectivity index (χ1) is 13.1. The van der Waals surface area contributed by atoms with E-state index in [9.17, 15) is 9.59 Å². The summed E-state index contributed by atoms with van der Waals surface area (Å²) in [4.78, 5) is 32.4. The van der Waals surface area contributed by atoms with Gasteiger partial charge >= 0.3 is 0 Å². The summed E-state index contributed by atoms with van der Waals surface area (Å²) in [5.74, 6) is 0.246. The lowest BCUT2D eigenvalue weighted by atomic mass is 10.2. The van der Waals surface area contributed by atoms with Crippen LogP contribution in [0.25, 0.3) is 0 Å². The third-order valence-corrected chi connectivity index (χ3v) is 5.95. The van der Waals surface area contributed by atoms with E-state index in [1.54, 1.807) is 11.3 Å². The molecule has 3 rings (SSSR count). The third kappa shape index (κ3) is 4.78. The summed E-state index contributed by atoms with van der Waals surface area (Å²) < 4.78 is 2.02. The zero-order valence-electron chi connectivity index (χ0n) is 16.1. The van der Waals surface area contributed by atoms with E-state index in [1.165, 1.54) is 4.88 Å². The van der Waals surface area contributed by atoms with Crippen molar-refractivity contribution in [2.45, 2.75) is 20.4 Å². The molecule has 27 heavy (non-hydrogen) atoms. The van der Waals surface area contributed by atoms with Crippen molar-refractivity contribution in [3.8, 4) is 0 Å². The second kappa shape index (κ2) is 9.19. The van der Waals surface area contributed by atoms with Crippen LogP contribution in [0.3, 0.4) is 0 Å². The molecule has 0 N–H and O–H groups in total. The molecule has 0 radical (unpaired) electrons. The van der Waals surface area contributed by atoms with Crippen LogP contribution >= 0.6 is 11.3 Å². The predicted molar refractivity (Wildman–Crippen MR) is 108 cm³/mol. The summed E-state index contributed by atoms with van der Waals surface area (Å²) in [7, 11) is 0. The minimum atomic E-state index is 0.0753. The van der Waals surface area contributed by atoms with Gasteiger partial charge in [0.1, 0.15) is 5.69 Å². The summed E-state index contributed by atoms with van der Waals surface area (Å²) in [5, 5.41) is 2.05. The van der Waals surface area contributed by atoms with Gasteiger partial charge in [-0.3, -0.25) is 14.5 Å². The number of hydrogen-bond donors (Lipinski definition) is 0. The molecule has 0 aromatic carbocycles. The number of amides is 2. The average Bonchev–Trinajstić information content (AvgIpc) is 3.35. The van der Waals surface area contributed by atoms with Gasteiger partial charge in [0, 0.05) is 50.3 Å². The van der Waals surface area contributed by atoms with Gasteiger partial charge in [0.15, 0.2) is 0 Å². The Kier molecular flexibility index (Phi) is 6.68. The highest BCUT2D eigenvalue weighted by molar-refractivity contribution is 7.09. The van der Waals surface area contributed by atoms with E-state index in [0.29, 0.717) is 19.6 Å². The van der Waals surface area contributed by atoms with Gasteiger partial charge in [0.2, 0.25) is 5.91 Å². The van der Waals surface area contributed by atoms with Gasteiger partial charge in [-0.2, -0.15) is 0 Å². The minimum Gasteiger partial charge on any atom is -0.342 e. The van der Waals surface area contributed by atoms with E-state index < -0.39 is 0 Å². The molecule has 3 heterocycles. The second-order valence-corrected chi connectivity index (χ2v) is 7.77. The van der Waals surface area contributed by atoms with E-state index in [4.69, 9.17) is 0 Å². The smallest absolute Gasteiger partial charge is 0.270 e. The molecule has 0 spiro atoms. The maximum absolute atomic E-state index is 13.0. The Morgan fingerprint density at radius 2 is 1.81 bits per heavy atom. The van der Waals surface area contributed by atoms with E-state index in [0.717, 1.165) is 38.4 Å². The lowest BCUT2D eigenvalue weighted by molar-refractivity contribution is -0.132. The highest BCUT2D eigenvalue weighted by atomic mass is 32.1. The van der Waals surface area contributed by atoms with Crippen molar-refractivity contribution in [3.63, 3.8) is 0 Å². The first kappa shape index (κ1) is 19.6. The van der Waals surface area contributed by atoms with E-state index in [1.807, 2.05) is 52.6 Å². The number of piperazine rings is 1. The fraction of sp³-hybridized carbons (Fsp3) is 0.500. The second-order valence-electron chi connectivity index (χ2n) is 6.74. The van der Waals surface area contributed by atoms with Crippen LogP contribution in [0.2, 0.25) is 0 Å². The van der Waals surface area contributed by atoms with E-state index in [2.05, 4.69) is 16.3 Å². The van der Waals surface area contributed by atoms with Crippen LogP contribution < -0.4 is 0 Å². The van der Waals surface area contributed by atoms with Gasteiger partial charge in [-0.05, 0) is 37.4 Å². The standard InChI is InChI=1S/C20H28N4O2S/c1-3-22(4-2)19(25)16-21-10-12-23(13-11-21)20(26)18-8-5-9-24(18)15-17-7-6-14-27-17/h5-9,14H,3-4,10-13,15-16H2,1-2H3.